The highest BCUT2D eigenvalue weighted by Gasteiger charge is 2.15. The van der Waals surface area contributed by atoms with Gasteiger partial charge in [0.05, 0.1) is 18.9 Å². The van der Waals surface area contributed by atoms with E-state index in [0.717, 1.165) is 0 Å². The molecule has 0 aliphatic heterocycles. The molecule has 1 amide bonds. The Labute approximate surface area is 97.2 Å². The summed E-state index contributed by atoms with van der Waals surface area (Å²) in [5.74, 6) is 0.568. The van der Waals surface area contributed by atoms with Crippen LogP contribution in [0.15, 0.2) is 16.7 Å². The summed E-state index contributed by atoms with van der Waals surface area (Å²) >= 11 is 0. The van der Waals surface area contributed by atoms with Crippen molar-refractivity contribution in [3.8, 4) is 6.01 Å². The Hall–Kier alpha value is -2.31. The number of rotatable bonds is 4. The number of nitrogens with one attached hydrogen (secondary N) is 2. The van der Waals surface area contributed by atoms with Crippen LogP contribution in [0.1, 0.15) is 23.0 Å². The van der Waals surface area contributed by atoms with Crippen LogP contribution in [0.3, 0.4) is 0 Å². The highest BCUT2D eigenvalue weighted by molar-refractivity contribution is 6.04. The highest BCUT2D eigenvalue weighted by atomic mass is 16.5. The second kappa shape index (κ2) is 4.69. The van der Waals surface area contributed by atoms with Crippen LogP contribution < -0.4 is 10.1 Å². The van der Waals surface area contributed by atoms with Gasteiger partial charge in [-0.1, -0.05) is 6.92 Å². The summed E-state index contributed by atoms with van der Waals surface area (Å²) in [4.78, 5) is 15.7. The molecule has 0 radical (unpaired) electrons. The lowest BCUT2D eigenvalue weighted by atomic mass is 10.2. The van der Waals surface area contributed by atoms with Crippen molar-refractivity contribution < 1.29 is 13.9 Å². The Morgan fingerprint density at radius 1 is 1.65 bits per heavy atom. The van der Waals surface area contributed by atoms with Crippen LogP contribution in [-0.4, -0.2) is 28.2 Å². The van der Waals surface area contributed by atoms with Crippen molar-refractivity contribution in [3.63, 3.8) is 0 Å². The van der Waals surface area contributed by atoms with Crippen molar-refractivity contribution in [2.24, 2.45) is 0 Å². The van der Waals surface area contributed by atoms with E-state index in [1.165, 1.54) is 13.4 Å². The maximum absolute atomic E-state index is 11.9. The topological polar surface area (TPSA) is 93.0 Å². The fraction of sp³-hybridized carbons (Fsp3) is 0.300. The Kier molecular flexibility index (Phi) is 3.08. The van der Waals surface area contributed by atoms with Gasteiger partial charge in [0.25, 0.3) is 5.91 Å². The molecule has 2 aromatic heterocycles. The summed E-state index contributed by atoms with van der Waals surface area (Å²) in [6, 6.07) is 1.78. The smallest absolute Gasteiger partial charge is 0.336 e. The number of aromatic nitrogens is 3. The molecule has 2 aromatic rings. The minimum atomic E-state index is -0.297. The normalized spacial score (nSPS) is 10.2. The SMILES string of the molecule is CCc1occc1C(=O)Nc1nc(OC)n[nH]1. The number of hydrogen-bond donors (Lipinski definition) is 2. The fourth-order valence-electron chi connectivity index (χ4n) is 1.39. The van der Waals surface area contributed by atoms with Gasteiger partial charge in [-0.05, 0) is 6.07 Å². The zero-order valence-electron chi connectivity index (χ0n) is 9.48. The number of hydrogen-bond acceptors (Lipinski definition) is 5. The Morgan fingerprint density at radius 2 is 2.47 bits per heavy atom. The summed E-state index contributed by atoms with van der Waals surface area (Å²) in [5.41, 5.74) is 0.489. The van der Waals surface area contributed by atoms with Crippen LogP contribution in [0.5, 0.6) is 6.01 Å². The maximum Gasteiger partial charge on any atom is 0.336 e. The summed E-state index contributed by atoms with van der Waals surface area (Å²) in [5, 5.41) is 8.82. The second-order valence-electron chi connectivity index (χ2n) is 3.24. The van der Waals surface area contributed by atoms with Gasteiger partial charge in [-0.2, -0.15) is 4.98 Å². The molecule has 0 aliphatic rings. The van der Waals surface area contributed by atoms with Crippen LogP contribution in [-0.2, 0) is 6.42 Å². The largest absolute Gasteiger partial charge is 0.469 e. The van der Waals surface area contributed by atoms with Crippen LogP contribution in [0.25, 0.3) is 0 Å². The van der Waals surface area contributed by atoms with Gasteiger partial charge in [0.2, 0.25) is 5.95 Å². The molecule has 0 atom stereocenters. The van der Waals surface area contributed by atoms with Crippen molar-refractivity contribution in [1.82, 2.24) is 15.2 Å². The first kappa shape index (κ1) is 11.2. The number of methoxy groups -OCH3 is 1. The van der Waals surface area contributed by atoms with Crippen LogP contribution in [0, 0.1) is 0 Å². The van der Waals surface area contributed by atoms with Gasteiger partial charge in [-0.3, -0.25) is 10.1 Å². The Morgan fingerprint density at radius 3 is 3.12 bits per heavy atom. The van der Waals surface area contributed by atoms with Crippen molar-refractivity contribution in [1.29, 1.82) is 0 Å². The molecule has 2 rings (SSSR count). The van der Waals surface area contributed by atoms with Crippen LogP contribution >= 0.6 is 0 Å². The number of aryl methyl sites for hydroxylation is 1. The van der Waals surface area contributed by atoms with E-state index >= 15 is 0 Å². The molecule has 0 bridgehead atoms. The minimum Gasteiger partial charge on any atom is -0.469 e. The number of H-pyrrole nitrogens is 1. The van der Waals surface area contributed by atoms with E-state index in [1.54, 1.807) is 6.07 Å². The molecule has 90 valence electrons. The third kappa shape index (κ3) is 2.27. The van der Waals surface area contributed by atoms with Crippen molar-refractivity contribution in [2.45, 2.75) is 13.3 Å². The molecule has 0 fully saturated rings. The van der Waals surface area contributed by atoms with E-state index in [0.29, 0.717) is 17.7 Å². The van der Waals surface area contributed by atoms with Gasteiger partial charge in [-0.25, -0.2) is 5.10 Å². The van der Waals surface area contributed by atoms with E-state index < -0.39 is 0 Å². The monoisotopic (exact) mass is 236 g/mol. The zero-order chi connectivity index (χ0) is 12.3. The first-order chi connectivity index (χ1) is 8.24. The fourth-order valence-corrected chi connectivity index (χ4v) is 1.39. The molecule has 0 aliphatic carbocycles. The third-order valence-electron chi connectivity index (χ3n) is 2.19. The summed E-state index contributed by atoms with van der Waals surface area (Å²) < 4.78 is 9.96. The molecule has 0 saturated heterocycles. The van der Waals surface area contributed by atoms with E-state index in [9.17, 15) is 4.79 Å². The molecule has 0 unspecified atom stereocenters. The Balaban J connectivity index is 2.11. The molecule has 2 N–H and O–H groups in total. The average Bonchev–Trinajstić information content (AvgIpc) is 2.96. The van der Waals surface area contributed by atoms with E-state index in [2.05, 4.69) is 20.5 Å². The van der Waals surface area contributed by atoms with Gasteiger partial charge >= 0.3 is 6.01 Å². The lowest BCUT2D eigenvalue weighted by Crippen LogP contribution is -2.13. The van der Waals surface area contributed by atoms with E-state index in [-0.39, 0.29) is 17.9 Å². The van der Waals surface area contributed by atoms with Gasteiger partial charge < -0.3 is 9.15 Å². The van der Waals surface area contributed by atoms with E-state index in [4.69, 9.17) is 9.15 Å². The highest BCUT2D eigenvalue weighted by Crippen LogP contribution is 2.13. The lowest BCUT2D eigenvalue weighted by molar-refractivity contribution is 0.102. The van der Waals surface area contributed by atoms with Gasteiger partial charge in [0.15, 0.2) is 0 Å². The van der Waals surface area contributed by atoms with Crippen LogP contribution in [0.4, 0.5) is 5.95 Å². The van der Waals surface area contributed by atoms with Gasteiger partial charge in [-0.15, -0.1) is 5.10 Å². The number of ether oxygens (including phenoxy) is 1. The summed E-state index contributed by atoms with van der Waals surface area (Å²) in [7, 11) is 1.44. The van der Waals surface area contributed by atoms with Gasteiger partial charge in [0.1, 0.15) is 5.76 Å². The molecule has 0 spiro atoms. The van der Waals surface area contributed by atoms with Crippen molar-refractivity contribution in [2.75, 3.05) is 12.4 Å². The molecule has 0 saturated carbocycles. The number of aromatic amines is 1. The number of anilines is 1. The predicted octanol–water partition coefficient (Wildman–Crippen LogP) is 1.22. The molecular formula is C10H12N4O3. The Bertz CT molecular complexity index is 517. The molecule has 17 heavy (non-hydrogen) atoms. The third-order valence-corrected chi connectivity index (χ3v) is 2.19. The predicted molar refractivity (Wildman–Crippen MR) is 59.0 cm³/mol. The van der Waals surface area contributed by atoms with Crippen molar-refractivity contribution >= 4 is 11.9 Å². The number of carbonyl (C=O) groups excluding carboxylic acids is 1. The van der Waals surface area contributed by atoms with Crippen molar-refractivity contribution in [3.05, 3.63) is 23.7 Å². The van der Waals surface area contributed by atoms with Gasteiger partial charge in [0, 0.05) is 6.42 Å². The number of amides is 1. The number of furan rings is 1. The number of carbonyl (C=O) groups is 1. The second-order valence-corrected chi connectivity index (χ2v) is 3.24. The summed E-state index contributed by atoms with van der Waals surface area (Å²) in [6.45, 7) is 1.91. The van der Waals surface area contributed by atoms with Crippen LogP contribution in [0.2, 0.25) is 0 Å². The quantitative estimate of drug-likeness (QED) is 0.832. The molecular weight excluding hydrogens is 224 g/mol. The summed E-state index contributed by atoms with van der Waals surface area (Å²) in [6.07, 6.45) is 2.13. The average molecular weight is 236 g/mol. The molecule has 2 heterocycles. The molecule has 7 heteroatoms. The maximum atomic E-state index is 11.9. The van der Waals surface area contributed by atoms with E-state index in [1.807, 2.05) is 6.92 Å². The first-order valence-corrected chi connectivity index (χ1v) is 5.08. The number of nitrogens with zero attached hydrogens (tertiary/aromatic N) is 2. The minimum absolute atomic E-state index is 0.170. The molecule has 7 nitrogen and oxygen atoms in total. The molecule has 0 aromatic carbocycles. The first-order valence-electron chi connectivity index (χ1n) is 5.08. The standard InChI is InChI=1S/C10H12N4O3/c1-3-7-6(4-5-17-7)8(15)11-9-12-10(16-2)14-13-9/h4-5H,3H2,1-2H3,(H2,11,12,13,14,15). The zero-order valence-corrected chi connectivity index (χ0v) is 9.48. The lowest BCUT2D eigenvalue weighted by Gasteiger charge is -2.00.